The average Bonchev–Trinajstić information content (AvgIpc) is 3.04. The summed E-state index contributed by atoms with van der Waals surface area (Å²) in [6, 6.07) is 8.25. The Labute approximate surface area is 163 Å². The van der Waals surface area contributed by atoms with Crippen LogP contribution in [0.4, 0.5) is 5.95 Å². The lowest BCUT2D eigenvalue weighted by Gasteiger charge is -2.32. The Morgan fingerprint density at radius 2 is 1.93 bits per heavy atom. The van der Waals surface area contributed by atoms with Gasteiger partial charge in [0.2, 0.25) is 5.95 Å². The Morgan fingerprint density at radius 3 is 2.64 bits per heavy atom. The fraction of sp³-hybridized carbons (Fsp3) is 0.400. The molecule has 146 valence electrons. The summed E-state index contributed by atoms with van der Waals surface area (Å²) in [5.41, 5.74) is 7.83. The number of carbonyl (C=O) groups excluding carboxylic acids is 1. The van der Waals surface area contributed by atoms with E-state index in [-0.39, 0.29) is 0 Å². The van der Waals surface area contributed by atoms with E-state index in [1.165, 1.54) is 23.5 Å². The van der Waals surface area contributed by atoms with Gasteiger partial charge in [0.15, 0.2) is 0 Å². The maximum Gasteiger partial charge on any atom is 0.251 e. The zero-order valence-corrected chi connectivity index (χ0v) is 16.0. The number of hydrogen-bond acceptors (Lipinski definition) is 6. The van der Waals surface area contributed by atoms with Crippen LogP contribution in [0.1, 0.15) is 28.9 Å². The second kappa shape index (κ2) is 7.93. The molecule has 0 atom stereocenters. The molecule has 28 heavy (non-hydrogen) atoms. The van der Waals surface area contributed by atoms with Gasteiger partial charge < -0.3 is 16.0 Å². The van der Waals surface area contributed by atoms with E-state index in [9.17, 15) is 4.79 Å². The van der Waals surface area contributed by atoms with Crippen LogP contribution in [0.25, 0.3) is 10.9 Å². The van der Waals surface area contributed by atoms with Crippen molar-refractivity contribution in [2.24, 2.45) is 18.7 Å². The summed E-state index contributed by atoms with van der Waals surface area (Å²) >= 11 is 0. The van der Waals surface area contributed by atoms with Crippen LogP contribution in [0.3, 0.4) is 0 Å². The number of amides is 1. The Hall–Kier alpha value is -3.00. The van der Waals surface area contributed by atoms with Crippen molar-refractivity contribution >= 4 is 22.8 Å². The number of nitrogens with zero attached hydrogens (tertiary/aromatic N) is 5. The summed E-state index contributed by atoms with van der Waals surface area (Å²) in [6.45, 7) is 3.62. The predicted molar refractivity (Wildman–Crippen MR) is 108 cm³/mol. The van der Waals surface area contributed by atoms with Crippen molar-refractivity contribution in [3.8, 4) is 0 Å². The molecule has 8 heteroatoms. The Kier molecular flexibility index (Phi) is 5.21. The molecule has 1 amide bonds. The van der Waals surface area contributed by atoms with Crippen LogP contribution in [-0.2, 0) is 13.6 Å². The number of primary amides is 1. The zero-order chi connectivity index (χ0) is 19.5. The van der Waals surface area contributed by atoms with Crippen LogP contribution in [0.2, 0.25) is 0 Å². The van der Waals surface area contributed by atoms with Gasteiger partial charge in [-0.15, -0.1) is 0 Å². The molecule has 0 aliphatic carbocycles. The van der Waals surface area contributed by atoms with Crippen molar-refractivity contribution in [3.63, 3.8) is 0 Å². The summed E-state index contributed by atoms with van der Waals surface area (Å²) in [7, 11) is 2.00. The number of nitrogens with two attached hydrogens (primary N) is 1. The highest BCUT2D eigenvalue weighted by atomic mass is 16.1. The summed E-state index contributed by atoms with van der Waals surface area (Å²) in [4.78, 5) is 21.8. The van der Waals surface area contributed by atoms with E-state index in [0.717, 1.165) is 44.5 Å². The van der Waals surface area contributed by atoms with Crippen LogP contribution in [0, 0.1) is 5.92 Å². The third-order valence-electron chi connectivity index (χ3n) is 5.41. The van der Waals surface area contributed by atoms with Crippen LogP contribution in [0.15, 0.2) is 36.7 Å². The average molecular weight is 379 g/mol. The smallest absolute Gasteiger partial charge is 0.251 e. The maximum atomic E-state index is 11.1. The number of carbonyl (C=O) groups is 1. The quantitative estimate of drug-likeness (QED) is 0.672. The normalized spacial score (nSPS) is 15.2. The number of aryl methyl sites for hydroxylation is 1. The summed E-state index contributed by atoms with van der Waals surface area (Å²) in [5, 5.41) is 9.38. The fourth-order valence-electron chi connectivity index (χ4n) is 3.75. The van der Waals surface area contributed by atoms with Crippen molar-refractivity contribution in [2.45, 2.75) is 19.4 Å². The van der Waals surface area contributed by atoms with Crippen molar-refractivity contribution in [3.05, 3.63) is 47.9 Å². The van der Waals surface area contributed by atoms with E-state index in [0.29, 0.717) is 17.4 Å². The van der Waals surface area contributed by atoms with Crippen LogP contribution < -0.4 is 16.0 Å². The lowest BCUT2D eigenvalue weighted by atomic mass is 9.97. The standard InChI is InChI=1S/C20H25N7O/c1-26-18(16-4-2-3-5-17(16)25-26)13-22-10-14-6-8-27(9-7-14)20-23-11-15(12-24-20)19(21)28/h2-5,11-12,14,22H,6-10,13H2,1H3,(H2,21,28). The molecule has 1 fully saturated rings. The zero-order valence-electron chi connectivity index (χ0n) is 16.0. The number of rotatable bonds is 6. The molecule has 0 radical (unpaired) electrons. The number of hydrogen-bond donors (Lipinski definition) is 2. The molecule has 1 saturated heterocycles. The highest BCUT2D eigenvalue weighted by molar-refractivity contribution is 5.92. The minimum atomic E-state index is -0.502. The van der Waals surface area contributed by atoms with Gasteiger partial charge in [-0.25, -0.2) is 9.97 Å². The second-order valence-corrected chi connectivity index (χ2v) is 7.28. The highest BCUT2D eigenvalue weighted by Crippen LogP contribution is 2.21. The third-order valence-corrected chi connectivity index (χ3v) is 5.41. The molecule has 0 saturated carbocycles. The van der Waals surface area contributed by atoms with Gasteiger partial charge in [-0.05, 0) is 31.4 Å². The van der Waals surface area contributed by atoms with Gasteiger partial charge in [-0.2, -0.15) is 5.10 Å². The molecule has 2 aromatic heterocycles. The van der Waals surface area contributed by atoms with Crippen molar-refractivity contribution in [1.82, 2.24) is 25.1 Å². The van der Waals surface area contributed by atoms with Crippen LogP contribution in [-0.4, -0.2) is 45.3 Å². The van der Waals surface area contributed by atoms with Crippen molar-refractivity contribution in [2.75, 3.05) is 24.5 Å². The van der Waals surface area contributed by atoms with E-state index in [2.05, 4.69) is 37.4 Å². The first-order chi connectivity index (χ1) is 13.6. The van der Waals surface area contributed by atoms with Gasteiger partial charge in [-0.1, -0.05) is 18.2 Å². The highest BCUT2D eigenvalue weighted by Gasteiger charge is 2.21. The Morgan fingerprint density at radius 1 is 1.21 bits per heavy atom. The van der Waals surface area contributed by atoms with E-state index in [1.807, 2.05) is 23.9 Å². The van der Waals surface area contributed by atoms with E-state index in [1.54, 1.807) is 0 Å². The lowest BCUT2D eigenvalue weighted by Crippen LogP contribution is -2.38. The SMILES string of the molecule is Cn1nc2ccccc2c1CNCC1CCN(c2ncc(C(N)=O)cn2)CC1. The number of nitrogens with one attached hydrogen (secondary N) is 1. The van der Waals surface area contributed by atoms with Crippen LogP contribution in [0.5, 0.6) is 0 Å². The minimum Gasteiger partial charge on any atom is -0.366 e. The van der Waals surface area contributed by atoms with E-state index in [4.69, 9.17) is 5.73 Å². The predicted octanol–water partition coefficient (Wildman–Crippen LogP) is 1.47. The molecule has 4 rings (SSSR count). The first-order valence-electron chi connectivity index (χ1n) is 9.60. The molecule has 1 aromatic carbocycles. The Balaban J connectivity index is 1.27. The topological polar surface area (TPSA) is 102 Å². The molecule has 0 spiro atoms. The maximum absolute atomic E-state index is 11.1. The molecule has 3 aromatic rings. The molecule has 1 aliphatic rings. The largest absolute Gasteiger partial charge is 0.366 e. The van der Waals surface area contributed by atoms with Gasteiger partial charge in [0.1, 0.15) is 0 Å². The van der Waals surface area contributed by atoms with Crippen molar-refractivity contribution < 1.29 is 4.79 Å². The number of benzene rings is 1. The molecule has 8 nitrogen and oxygen atoms in total. The van der Waals surface area contributed by atoms with E-state index < -0.39 is 5.91 Å². The number of aromatic nitrogens is 4. The summed E-state index contributed by atoms with van der Waals surface area (Å²) < 4.78 is 1.97. The van der Waals surface area contributed by atoms with Gasteiger partial charge in [0.05, 0.1) is 16.8 Å². The lowest BCUT2D eigenvalue weighted by molar-refractivity contribution is 0.0999. The number of fused-ring (bicyclic) bond motifs is 1. The molecule has 3 N–H and O–H groups in total. The third kappa shape index (κ3) is 3.82. The Bertz CT molecular complexity index is 958. The second-order valence-electron chi connectivity index (χ2n) is 7.28. The fourth-order valence-corrected chi connectivity index (χ4v) is 3.75. The molecule has 3 heterocycles. The molecule has 0 bridgehead atoms. The molecular formula is C20H25N7O. The number of anilines is 1. The van der Waals surface area contributed by atoms with Gasteiger partial charge in [0.25, 0.3) is 5.91 Å². The molecule has 0 unspecified atom stereocenters. The van der Waals surface area contributed by atoms with Gasteiger partial charge >= 0.3 is 0 Å². The van der Waals surface area contributed by atoms with Crippen LogP contribution >= 0.6 is 0 Å². The van der Waals surface area contributed by atoms with E-state index >= 15 is 0 Å². The van der Waals surface area contributed by atoms with Gasteiger partial charge in [0, 0.05) is 44.5 Å². The monoisotopic (exact) mass is 379 g/mol. The van der Waals surface area contributed by atoms with Crippen molar-refractivity contribution in [1.29, 1.82) is 0 Å². The van der Waals surface area contributed by atoms with Gasteiger partial charge in [-0.3, -0.25) is 9.48 Å². The molecular weight excluding hydrogens is 354 g/mol. The summed E-state index contributed by atoms with van der Waals surface area (Å²) in [5.74, 6) is 0.788. The first-order valence-corrected chi connectivity index (χ1v) is 9.60. The molecule has 1 aliphatic heterocycles. The summed E-state index contributed by atoms with van der Waals surface area (Å²) in [6.07, 6.45) is 5.16. The number of piperidine rings is 1. The minimum absolute atomic E-state index is 0.338. The first kappa shape index (κ1) is 18.4.